The molecule has 0 atom stereocenters. The van der Waals surface area contributed by atoms with E-state index in [2.05, 4.69) is 4.98 Å². The van der Waals surface area contributed by atoms with E-state index in [1.165, 1.54) is 28.3 Å². The van der Waals surface area contributed by atoms with Gasteiger partial charge in [0.25, 0.3) is 0 Å². The van der Waals surface area contributed by atoms with Gasteiger partial charge in [0.15, 0.2) is 23.3 Å². The van der Waals surface area contributed by atoms with Gasteiger partial charge in [-0.2, -0.15) is 0 Å². The van der Waals surface area contributed by atoms with E-state index in [4.69, 9.17) is 0 Å². The first-order chi connectivity index (χ1) is 9.34. The molecule has 108 valence electrons. The highest BCUT2D eigenvalue weighted by Gasteiger charge is 2.15. The molecule has 0 unspecified atom stereocenters. The maximum Gasteiger partial charge on any atom is 0.175 e. The number of anilines is 1. The molecule has 0 aliphatic heterocycles. The molecular weight excluding hydrogens is 387 g/mol. The second-order valence-corrected chi connectivity index (χ2v) is 4.96. The van der Waals surface area contributed by atoms with Crippen LogP contribution in [-0.2, 0) is 0 Å². The van der Waals surface area contributed by atoms with Gasteiger partial charge >= 0.3 is 0 Å². The largest absolute Gasteiger partial charge is 0.378 e. The molecule has 20 heavy (non-hydrogen) atoms. The van der Waals surface area contributed by atoms with Crippen LogP contribution in [0.15, 0.2) is 30.6 Å². The van der Waals surface area contributed by atoms with Crippen molar-refractivity contribution in [3.63, 3.8) is 0 Å². The van der Waals surface area contributed by atoms with Crippen molar-refractivity contribution in [3.05, 3.63) is 57.4 Å². The van der Waals surface area contributed by atoms with Crippen molar-refractivity contribution >= 4 is 28.3 Å². The van der Waals surface area contributed by atoms with Gasteiger partial charge in [0, 0.05) is 38.2 Å². The third kappa shape index (κ3) is 4.32. The summed E-state index contributed by atoms with van der Waals surface area (Å²) in [5.41, 5.74) is 1.19. The predicted octanol–water partition coefficient (Wildman–Crippen LogP) is 4.00. The summed E-state index contributed by atoms with van der Waals surface area (Å²) in [7, 11) is 4.02. The van der Waals surface area contributed by atoms with Gasteiger partial charge in [-0.1, -0.05) is 0 Å². The van der Waals surface area contributed by atoms with Gasteiger partial charge in [-0.05, 0) is 34.7 Å². The monoisotopic (exact) mass is 398 g/mol. The highest BCUT2D eigenvalue weighted by atomic mass is 127. The fourth-order valence-electron chi connectivity index (χ4n) is 1.19. The summed E-state index contributed by atoms with van der Waals surface area (Å²) in [5.74, 6) is -5.48. The normalized spacial score (nSPS) is 9.75. The topological polar surface area (TPSA) is 16.1 Å². The molecule has 1 heterocycles. The fourth-order valence-corrected chi connectivity index (χ4v) is 1.70. The molecule has 0 saturated heterocycles. The van der Waals surface area contributed by atoms with Gasteiger partial charge in [-0.15, -0.1) is 0 Å². The lowest BCUT2D eigenvalue weighted by atomic mass is 10.3. The van der Waals surface area contributed by atoms with Crippen molar-refractivity contribution in [2.45, 2.75) is 0 Å². The van der Waals surface area contributed by atoms with Crippen LogP contribution in [0.25, 0.3) is 0 Å². The minimum absolute atomic E-state index is 0.173. The van der Waals surface area contributed by atoms with E-state index in [0.717, 1.165) is 0 Å². The lowest BCUT2D eigenvalue weighted by Gasteiger charge is -2.10. The zero-order valence-electron chi connectivity index (χ0n) is 10.7. The molecule has 0 fully saturated rings. The molecule has 2 rings (SSSR count). The average Bonchev–Trinajstić information content (AvgIpc) is 2.44. The van der Waals surface area contributed by atoms with Crippen LogP contribution in [0.4, 0.5) is 23.2 Å². The highest BCUT2D eigenvalue weighted by Crippen LogP contribution is 2.20. The van der Waals surface area contributed by atoms with E-state index < -0.39 is 26.8 Å². The molecule has 0 aliphatic rings. The number of pyridine rings is 1. The first kappa shape index (κ1) is 16.7. The smallest absolute Gasteiger partial charge is 0.175 e. The molecule has 2 aromatic rings. The molecule has 0 N–H and O–H groups in total. The SMILES string of the molecule is CN(C)c1ccncc1.Fc1cc(F)c(F)c(I)c1F. The van der Waals surface area contributed by atoms with Crippen LogP contribution < -0.4 is 4.90 Å². The summed E-state index contributed by atoms with van der Waals surface area (Å²) >= 11 is 1.19. The molecule has 0 spiro atoms. The lowest BCUT2D eigenvalue weighted by molar-refractivity contribution is 0.445. The molecule has 0 bridgehead atoms. The quantitative estimate of drug-likeness (QED) is 0.313. The van der Waals surface area contributed by atoms with Crippen LogP contribution in [0, 0.1) is 26.8 Å². The van der Waals surface area contributed by atoms with Crippen LogP contribution in [0.5, 0.6) is 0 Å². The van der Waals surface area contributed by atoms with Crippen molar-refractivity contribution in [2.24, 2.45) is 0 Å². The van der Waals surface area contributed by atoms with Crippen molar-refractivity contribution in [2.75, 3.05) is 19.0 Å². The molecule has 2 nitrogen and oxygen atoms in total. The van der Waals surface area contributed by atoms with E-state index in [1.54, 1.807) is 12.4 Å². The third-order valence-corrected chi connectivity index (χ3v) is 3.18. The van der Waals surface area contributed by atoms with Crippen molar-refractivity contribution in [3.8, 4) is 0 Å². The summed E-state index contributed by atoms with van der Waals surface area (Å²) in [6.07, 6.45) is 3.57. The Morgan fingerprint density at radius 3 is 1.75 bits per heavy atom. The summed E-state index contributed by atoms with van der Waals surface area (Å²) in [6.45, 7) is 0. The Morgan fingerprint density at radius 2 is 1.40 bits per heavy atom. The molecule has 0 saturated carbocycles. The molecule has 1 aromatic carbocycles. The van der Waals surface area contributed by atoms with Crippen LogP contribution >= 0.6 is 22.6 Å². The number of rotatable bonds is 1. The van der Waals surface area contributed by atoms with Gasteiger partial charge in [0.2, 0.25) is 0 Å². The number of hydrogen-bond donors (Lipinski definition) is 0. The molecular formula is C13H11F4IN2. The summed E-state index contributed by atoms with van der Waals surface area (Å²) in [6, 6.07) is 4.12. The number of halogens is 5. The average molecular weight is 398 g/mol. The van der Waals surface area contributed by atoms with Gasteiger partial charge in [0.1, 0.15) is 0 Å². The maximum atomic E-state index is 12.4. The Labute approximate surface area is 127 Å². The maximum absolute atomic E-state index is 12.4. The number of nitrogens with zero attached hydrogens (tertiary/aromatic N) is 2. The highest BCUT2D eigenvalue weighted by molar-refractivity contribution is 14.1. The molecule has 0 radical (unpaired) electrons. The lowest BCUT2D eigenvalue weighted by Crippen LogP contribution is -2.07. The minimum atomic E-state index is -1.38. The van der Waals surface area contributed by atoms with E-state index in [1.807, 2.05) is 31.1 Å². The second kappa shape index (κ2) is 7.41. The van der Waals surface area contributed by atoms with Gasteiger partial charge in [-0.3, -0.25) is 4.98 Å². The Hall–Kier alpha value is -1.38. The Bertz CT molecular complexity index is 550. The van der Waals surface area contributed by atoms with Crippen molar-refractivity contribution in [1.82, 2.24) is 4.98 Å². The number of aromatic nitrogens is 1. The zero-order chi connectivity index (χ0) is 15.3. The van der Waals surface area contributed by atoms with E-state index in [-0.39, 0.29) is 6.07 Å². The van der Waals surface area contributed by atoms with E-state index in [0.29, 0.717) is 0 Å². The van der Waals surface area contributed by atoms with Crippen LogP contribution in [0.3, 0.4) is 0 Å². The third-order valence-electron chi connectivity index (χ3n) is 2.24. The summed E-state index contributed by atoms with van der Waals surface area (Å²) < 4.78 is 48.6. The van der Waals surface area contributed by atoms with E-state index in [9.17, 15) is 17.6 Å². The second-order valence-electron chi connectivity index (χ2n) is 3.88. The van der Waals surface area contributed by atoms with Crippen LogP contribution in [0.1, 0.15) is 0 Å². The van der Waals surface area contributed by atoms with E-state index >= 15 is 0 Å². The van der Waals surface area contributed by atoms with Crippen molar-refractivity contribution < 1.29 is 17.6 Å². The van der Waals surface area contributed by atoms with Crippen molar-refractivity contribution in [1.29, 1.82) is 0 Å². The standard InChI is InChI=1S/C7H10N2.C6HF4I/c1-9(2)7-3-5-8-6-4-7;7-2-1-3(8)5(10)6(11)4(2)9/h3-6H,1-2H3;1H. The van der Waals surface area contributed by atoms with Gasteiger partial charge < -0.3 is 4.90 Å². The van der Waals surface area contributed by atoms with Gasteiger partial charge in [0.05, 0.1) is 3.57 Å². The number of benzene rings is 1. The summed E-state index contributed by atoms with van der Waals surface area (Å²) in [5, 5.41) is 0. The van der Waals surface area contributed by atoms with Gasteiger partial charge in [-0.25, -0.2) is 17.6 Å². The molecule has 0 aliphatic carbocycles. The first-order valence-electron chi connectivity index (χ1n) is 5.40. The Balaban J connectivity index is 0.000000204. The zero-order valence-corrected chi connectivity index (χ0v) is 12.8. The fraction of sp³-hybridized carbons (Fsp3) is 0.154. The van der Waals surface area contributed by atoms with Crippen LogP contribution in [-0.4, -0.2) is 19.1 Å². The Kier molecular flexibility index (Phi) is 6.18. The molecule has 7 heteroatoms. The number of hydrogen-bond acceptors (Lipinski definition) is 2. The van der Waals surface area contributed by atoms with Crippen LogP contribution in [0.2, 0.25) is 0 Å². The minimum Gasteiger partial charge on any atom is -0.378 e. The Morgan fingerprint density at radius 1 is 0.950 bits per heavy atom. The summed E-state index contributed by atoms with van der Waals surface area (Å²) in [4.78, 5) is 5.94. The molecule has 1 aromatic heterocycles. The molecule has 0 amide bonds. The first-order valence-corrected chi connectivity index (χ1v) is 6.48. The predicted molar refractivity (Wildman–Crippen MR) is 77.6 cm³/mol.